The van der Waals surface area contributed by atoms with Gasteiger partial charge in [-0.05, 0) is 48.6 Å². The second-order valence-corrected chi connectivity index (χ2v) is 9.61. The van der Waals surface area contributed by atoms with Crippen LogP contribution in [0, 0.1) is 5.92 Å². The number of benzene rings is 2. The van der Waals surface area contributed by atoms with E-state index in [-0.39, 0.29) is 24.6 Å². The minimum Gasteiger partial charge on any atom is -0.454 e. The lowest BCUT2D eigenvalue weighted by molar-refractivity contribution is -0.129. The Morgan fingerprint density at radius 1 is 1.00 bits per heavy atom. The van der Waals surface area contributed by atoms with Crippen molar-refractivity contribution in [2.75, 3.05) is 33.0 Å². The number of halogens is 1. The van der Waals surface area contributed by atoms with E-state index in [4.69, 9.17) is 21.1 Å². The summed E-state index contributed by atoms with van der Waals surface area (Å²) in [5.41, 5.74) is 1.52. The number of nitrogens with zero attached hydrogens (tertiary/aromatic N) is 2. The molecule has 1 saturated carbocycles. The summed E-state index contributed by atoms with van der Waals surface area (Å²) in [7, 11) is 0. The van der Waals surface area contributed by atoms with Crippen molar-refractivity contribution >= 4 is 23.4 Å². The van der Waals surface area contributed by atoms with Crippen LogP contribution in [0.3, 0.4) is 0 Å². The molecule has 0 spiro atoms. The molecular weight excluding hydrogens is 454 g/mol. The van der Waals surface area contributed by atoms with Crippen molar-refractivity contribution in [1.29, 1.82) is 0 Å². The SMILES string of the molecule is O=C(NCc1ccc2c(c1)OCO2)C(C1CCCC1)N1CCN(C(=O)c2ccccc2Cl)CC1. The molecule has 34 heavy (non-hydrogen) atoms. The van der Waals surface area contributed by atoms with Crippen LogP contribution in [0.15, 0.2) is 42.5 Å². The molecule has 2 fully saturated rings. The van der Waals surface area contributed by atoms with Gasteiger partial charge in [0.2, 0.25) is 12.7 Å². The molecule has 7 nitrogen and oxygen atoms in total. The lowest BCUT2D eigenvalue weighted by atomic mass is 9.94. The Labute approximate surface area is 205 Å². The summed E-state index contributed by atoms with van der Waals surface area (Å²) in [6, 6.07) is 12.8. The molecule has 1 saturated heterocycles. The number of hydrogen-bond donors (Lipinski definition) is 1. The zero-order valence-corrected chi connectivity index (χ0v) is 19.9. The molecule has 1 aliphatic carbocycles. The minimum absolute atomic E-state index is 0.0464. The van der Waals surface area contributed by atoms with E-state index in [1.54, 1.807) is 12.1 Å². The molecule has 3 aliphatic rings. The van der Waals surface area contributed by atoms with Crippen molar-refractivity contribution in [3.8, 4) is 11.5 Å². The van der Waals surface area contributed by atoms with Gasteiger partial charge in [0.15, 0.2) is 11.5 Å². The lowest BCUT2D eigenvalue weighted by Gasteiger charge is -2.40. The summed E-state index contributed by atoms with van der Waals surface area (Å²) in [5.74, 6) is 1.83. The van der Waals surface area contributed by atoms with E-state index >= 15 is 0 Å². The summed E-state index contributed by atoms with van der Waals surface area (Å²) in [6.07, 6.45) is 4.48. The molecule has 1 atom stereocenters. The van der Waals surface area contributed by atoms with Gasteiger partial charge < -0.3 is 19.7 Å². The van der Waals surface area contributed by atoms with Gasteiger partial charge in [-0.3, -0.25) is 14.5 Å². The van der Waals surface area contributed by atoms with Crippen LogP contribution in [0.2, 0.25) is 5.02 Å². The third-order valence-electron chi connectivity index (χ3n) is 7.12. The minimum atomic E-state index is -0.172. The van der Waals surface area contributed by atoms with Gasteiger partial charge in [0.05, 0.1) is 16.6 Å². The lowest BCUT2D eigenvalue weighted by Crippen LogP contribution is -2.57. The maximum absolute atomic E-state index is 13.4. The highest BCUT2D eigenvalue weighted by Gasteiger charge is 2.37. The average Bonchev–Trinajstić information content (AvgIpc) is 3.55. The zero-order chi connectivity index (χ0) is 23.5. The highest BCUT2D eigenvalue weighted by molar-refractivity contribution is 6.33. The van der Waals surface area contributed by atoms with E-state index in [2.05, 4.69) is 10.2 Å². The number of ether oxygens (including phenoxy) is 2. The Hall–Kier alpha value is -2.77. The molecule has 2 amide bonds. The molecule has 0 radical (unpaired) electrons. The van der Waals surface area contributed by atoms with E-state index < -0.39 is 0 Å². The van der Waals surface area contributed by atoms with Gasteiger partial charge in [-0.15, -0.1) is 0 Å². The van der Waals surface area contributed by atoms with Crippen molar-refractivity contribution < 1.29 is 19.1 Å². The molecular formula is C26H30ClN3O4. The summed E-state index contributed by atoms with van der Waals surface area (Å²) in [4.78, 5) is 30.5. The topological polar surface area (TPSA) is 71.1 Å². The molecule has 0 aromatic heterocycles. The molecule has 1 unspecified atom stereocenters. The summed E-state index contributed by atoms with van der Waals surface area (Å²) in [5, 5.41) is 3.63. The Morgan fingerprint density at radius 3 is 2.50 bits per heavy atom. The molecule has 0 bridgehead atoms. The monoisotopic (exact) mass is 483 g/mol. The van der Waals surface area contributed by atoms with Crippen LogP contribution in [0.4, 0.5) is 0 Å². The fraction of sp³-hybridized carbons (Fsp3) is 0.462. The van der Waals surface area contributed by atoms with Gasteiger partial charge >= 0.3 is 0 Å². The number of amides is 2. The Bertz CT molecular complexity index is 1050. The van der Waals surface area contributed by atoms with E-state index in [9.17, 15) is 9.59 Å². The van der Waals surface area contributed by atoms with Gasteiger partial charge in [0, 0.05) is 32.7 Å². The van der Waals surface area contributed by atoms with Crippen molar-refractivity contribution in [2.24, 2.45) is 5.92 Å². The normalized spacial score (nSPS) is 19.3. The number of nitrogens with one attached hydrogen (secondary N) is 1. The summed E-state index contributed by atoms with van der Waals surface area (Å²) < 4.78 is 10.8. The smallest absolute Gasteiger partial charge is 0.255 e. The number of rotatable bonds is 6. The van der Waals surface area contributed by atoms with Crippen molar-refractivity contribution in [3.05, 3.63) is 58.6 Å². The first-order valence-corrected chi connectivity index (χ1v) is 12.4. The van der Waals surface area contributed by atoms with Gasteiger partial charge in [0.25, 0.3) is 5.91 Å². The first kappa shape index (κ1) is 23.0. The van der Waals surface area contributed by atoms with Crippen LogP contribution in [-0.4, -0.2) is 60.6 Å². The van der Waals surface area contributed by atoms with Crippen LogP contribution >= 0.6 is 11.6 Å². The van der Waals surface area contributed by atoms with Gasteiger partial charge in [-0.1, -0.05) is 42.6 Å². The predicted molar refractivity (Wildman–Crippen MR) is 129 cm³/mol. The molecule has 180 valence electrons. The third kappa shape index (κ3) is 4.86. The largest absolute Gasteiger partial charge is 0.454 e. The standard InChI is InChI=1S/C26H30ClN3O4/c27-21-8-4-3-7-20(21)26(32)30-13-11-29(12-14-30)24(19-5-1-2-6-19)25(31)28-16-18-9-10-22-23(15-18)34-17-33-22/h3-4,7-10,15,19,24H,1-2,5-6,11-14,16-17H2,(H,28,31). The number of carbonyl (C=O) groups is 2. The molecule has 2 aromatic rings. The molecule has 2 aliphatic heterocycles. The number of hydrogen-bond acceptors (Lipinski definition) is 5. The van der Waals surface area contributed by atoms with Crippen LogP contribution in [0.1, 0.15) is 41.6 Å². The molecule has 5 rings (SSSR count). The zero-order valence-electron chi connectivity index (χ0n) is 19.2. The maximum atomic E-state index is 13.4. The van der Waals surface area contributed by atoms with Crippen molar-refractivity contribution in [1.82, 2.24) is 15.1 Å². The quantitative estimate of drug-likeness (QED) is 0.678. The molecule has 8 heteroatoms. The first-order chi connectivity index (χ1) is 16.6. The summed E-state index contributed by atoms with van der Waals surface area (Å²) >= 11 is 6.24. The maximum Gasteiger partial charge on any atom is 0.255 e. The Kier molecular flexibility index (Phi) is 6.92. The van der Waals surface area contributed by atoms with Gasteiger partial charge in [-0.25, -0.2) is 0 Å². The number of fused-ring (bicyclic) bond motifs is 1. The predicted octanol–water partition coefficient (Wildman–Crippen LogP) is 3.70. The van der Waals surface area contributed by atoms with E-state index in [1.807, 2.05) is 35.2 Å². The van der Waals surface area contributed by atoms with E-state index in [0.717, 1.165) is 29.9 Å². The van der Waals surface area contributed by atoms with E-state index in [1.165, 1.54) is 12.8 Å². The Balaban J connectivity index is 1.22. The van der Waals surface area contributed by atoms with Crippen LogP contribution in [-0.2, 0) is 11.3 Å². The molecule has 2 aromatic carbocycles. The average molecular weight is 484 g/mol. The second kappa shape index (κ2) is 10.2. The number of piperazine rings is 1. The number of carbonyl (C=O) groups excluding carboxylic acids is 2. The third-order valence-corrected chi connectivity index (χ3v) is 7.45. The van der Waals surface area contributed by atoms with Crippen molar-refractivity contribution in [3.63, 3.8) is 0 Å². The highest BCUT2D eigenvalue weighted by Crippen LogP contribution is 2.33. The highest BCUT2D eigenvalue weighted by atomic mass is 35.5. The van der Waals surface area contributed by atoms with Crippen molar-refractivity contribution in [2.45, 2.75) is 38.3 Å². The second-order valence-electron chi connectivity index (χ2n) is 9.20. The summed E-state index contributed by atoms with van der Waals surface area (Å²) in [6.45, 7) is 3.21. The Morgan fingerprint density at radius 2 is 1.74 bits per heavy atom. The fourth-order valence-electron chi connectivity index (χ4n) is 5.30. The molecule has 2 heterocycles. The van der Waals surface area contributed by atoms with Crippen LogP contribution in [0.5, 0.6) is 11.5 Å². The fourth-order valence-corrected chi connectivity index (χ4v) is 5.52. The molecule has 1 N–H and O–H groups in total. The van der Waals surface area contributed by atoms with Gasteiger partial charge in [-0.2, -0.15) is 0 Å². The van der Waals surface area contributed by atoms with Gasteiger partial charge in [0.1, 0.15) is 0 Å². The van der Waals surface area contributed by atoms with Crippen LogP contribution < -0.4 is 14.8 Å². The van der Waals surface area contributed by atoms with Crippen LogP contribution in [0.25, 0.3) is 0 Å². The first-order valence-electron chi connectivity index (χ1n) is 12.0. The van der Waals surface area contributed by atoms with E-state index in [0.29, 0.717) is 49.2 Å².